The zero-order valence-corrected chi connectivity index (χ0v) is 19.0. The van der Waals surface area contributed by atoms with Gasteiger partial charge in [0.1, 0.15) is 30.7 Å². The van der Waals surface area contributed by atoms with Crippen molar-refractivity contribution in [3.63, 3.8) is 0 Å². The van der Waals surface area contributed by atoms with Gasteiger partial charge in [-0.1, -0.05) is 17.3 Å². The number of piperidine rings is 1. The van der Waals surface area contributed by atoms with Crippen molar-refractivity contribution >= 4 is 39.1 Å². The molecular formula is C20H18F4N4O4S2. The smallest absolute Gasteiger partial charge is 0.446 e. The third-order valence-electron chi connectivity index (χ3n) is 5.27. The minimum atomic E-state index is -4.57. The van der Waals surface area contributed by atoms with Crippen LogP contribution in [-0.2, 0) is 9.53 Å². The van der Waals surface area contributed by atoms with E-state index in [9.17, 15) is 22.4 Å². The van der Waals surface area contributed by atoms with Gasteiger partial charge >= 0.3 is 5.51 Å². The fourth-order valence-electron chi connectivity index (χ4n) is 3.77. The fourth-order valence-corrected chi connectivity index (χ4v) is 5.86. The van der Waals surface area contributed by atoms with Crippen LogP contribution in [0.25, 0.3) is 20.8 Å². The van der Waals surface area contributed by atoms with Gasteiger partial charge in [-0.2, -0.15) is 18.2 Å². The van der Waals surface area contributed by atoms with Gasteiger partial charge in [0.25, 0.3) is 5.89 Å². The molecule has 2 aliphatic heterocycles. The monoisotopic (exact) mass is 518 g/mol. The van der Waals surface area contributed by atoms with Gasteiger partial charge in [-0.3, -0.25) is 4.79 Å². The predicted octanol–water partition coefficient (Wildman–Crippen LogP) is 3.83. The molecule has 2 aromatic heterocycles. The summed E-state index contributed by atoms with van der Waals surface area (Å²) in [7, 11) is 0. The summed E-state index contributed by atoms with van der Waals surface area (Å²) in [6.07, 6.45) is -1.51. The largest absolute Gasteiger partial charge is 0.486 e. The Hall–Kier alpha value is -2.42. The molecule has 3 atom stereocenters. The first kappa shape index (κ1) is 23.3. The number of fused-ring (bicyclic) bond motifs is 1. The molecule has 2 fully saturated rings. The van der Waals surface area contributed by atoms with Crippen molar-refractivity contribution in [2.24, 2.45) is 0 Å². The number of hydrogen-bond donors (Lipinski definition) is 2. The first-order chi connectivity index (χ1) is 16.3. The number of ether oxygens (including phenoxy) is 2. The lowest BCUT2D eigenvalue weighted by Crippen LogP contribution is -2.44. The second-order valence-electron chi connectivity index (χ2n) is 7.70. The molecule has 0 spiro atoms. The maximum atomic E-state index is 14.3. The molecule has 0 bridgehead atoms. The Morgan fingerprint density at radius 2 is 2.15 bits per heavy atom. The number of amides is 1. The lowest BCUT2D eigenvalue weighted by Gasteiger charge is -2.27. The van der Waals surface area contributed by atoms with Gasteiger partial charge in [0.15, 0.2) is 0 Å². The number of rotatable bonds is 5. The number of nitrogens with one attached hydrogen (secondary N) is 2. The zero-order valence-electron chi connectivity index (χ0n) is 17.4. The first-order valence-electron chi connectivity index (χ1n) is 10.3. The maximum absolute atomic E-state index is 14.3. The SMILES string of the molecule is O=C1COC[C@H](c2nc(-c3sc4c(O[C@@H]5CCNC[C@@H]5F)cccc4c3SC(F)(F)F)no2)N1. The highest BCUT2D eigenvalue weighted by Gasteiger charge is 2.35. The fraction of sp³-hybridized carbons (Fsp3) is 0.450. The summed E-state index contributed by atoms with van der Waals surface area (Å²) in [5.41, 5.74) is -4.57. The van der Waals surface area contributed by atoms with E-state index in [0.717, 1.165) is 11.3 Å². The highest BCUT2D eigenvalue weighted by atomic mass is 32.2. The van der Waals surface area contributed by atoms with E-state index < -0.39 is 23.8 Å². The van der Waals surface area contributed by atoms with Gasteiger partial charge < -0.3 is 24.6 Å². The Morgan fingerprint density at radius 1 is 1.29 bits per heavy atom. The first-order valence-corrected chi connectivity index (χ1v) is 12.0. The number of benzene rings is 1. The van der Waals surface area contributed by atoms with Crippen LogP contribution in [0.4, 0.5) is 17.6 Å². The molecule has 3 aromatic rings. The van der Waals surface area contributed by atoms with Crippen molar-refractivity contribution in [2.45, 2.75) is 35.1 Å². The molecule has 5 rings (SSSR count). The third kappa shape index (κ3) is 4.85. The van der Waals surface area contributed by atoms with Crippen LogP contribution in [0.5, 0.6) is 5.75 Å². The Balaban J connectivity index is 1.54. The number of alkyl halides is 4. The molecule has 2 aliphatic rings. The topological polar surface area (TPSA) is 98.5 Å². The second-order valence-corrected chi connectivity index (χ2v) is 9.79. The van der Waals surface area contributed by atoms with Crippen LogP contribution in [0.1, 0.15) is 18.4 Å². The van der Waals surface area contributed by atoms with Gasteiger partial charge in [-0.15, -0.1) is 11.3 Å². The van der Waals surface area contributed by atoms with Crippen molar-refractivity contribution in [1.82, 2.24) is 20.8 Å². The quantitative estimate of drug-likeness (QED) is 0.389. The summed E-state index contributed by atoms with van der Waals surface area (Å²) in [6, 6.07) is 4.02. The standard InChI is InChI=1S/C20H18F4N4O4S2/c21-10-6-25-5-4-12(10)31-13-3-1-2-9-15(13)33-17(16(9)34-20(22,23)24)18-27-19(32-28-18)11-7-30-8-14(29)26-11/h1-3,10-12,25H,4-8H2,(H,26,29)/t10-,11+,12+/m0/s1. The number of aromatic nitrogens is 2. The molecule has 8 nitrogen and oxygen atoms in total. The molecule has 2 saturated heterocycles. The van der Waals surface area contributed by atoms with E-state index >= 15 is 0 Å². The number of carbonyl (C=O) groups is 1. The molecule has 4 heterocycles. The molecule has 182 valence electrons. The van der Waals surface area contributed by atoms with Gasteiger partial charge in [0.2, 0.25) is 11.7 Å². The normalized spacial score (nSPS) is 23.8. The highest BCUT2D eigenvalue weighted by molar-refractivity contribution is 8.00. The lowest BCUT2D eigenvalue weighted by molar-refractivity contribution is -0.131. The molecule has 0 saturated carbocycles. The molecule has 2 N–H and O–H groups in total. The summed E-state index contributed by atoms with van der Waals surface area (Å²) in [4.78, 5) is 15.8. The summed E-state index contributed by atoms with van der Waals surface area (Å²) in [5.74, 6) is -0.102. The van der Waals surface area contributed by atoms with Crippen molar-refractivity contribution in [2.75, 3.05) is 26.3 Å². The van der Waals surface area contributed by atoms with Crippen LogP contribution in [0.15, 0.2) is 27.6 Å². The summed E-state index contributed by atoms with van der Waals surface area (Å²) < 4.78 is 71.4. The number of thioether (sulfide) groups is 1. The Morgan fingerprint density at radius 3 is 2.91 bits per heavy atom. The number of hydrogen-bond acceptors (Lipinski definition) is 9. The molecule has 1 aromatic carbocycles. The van der Waals surface area contributed by atoms with E-state index in [-0.39, 0.29) is 58.9 Å². The van der Waals surface area contributed by atoms with E-state index in [4.69, 9.17) is 14.0 Å². The minimum Gasteiger partial charge on any atom is -0.486 e. The van der Waals surface area contributed by atoms with Crippen LogP contribution in [0.2, 0.25) is 0 Å². The van der Waals surface area contributed by atoms with Gasteiger partial charge in [-0.05, 0) is 30.8 Å². The lowest BCUT2D eigenvalue weighted by atomic mass is 10.1. The third-order valence-corrected chi connectivity index (χ3v) is 7.48. The van der Waals surface area contributed by atoms with Gasteiger partial charge in [0.05, 0.1) is 16.2 Å². The van der Waals surface area contributed by atoms with Crippen molar-refractivity contribution < 1.29 is 36.4 Å². The number of thiophene rings is 1. The van der Waals surface area contributed by atoms with Crippen LogP contribution < -0.4 is 15.4 Å². The Kier molecular flexibility index (Phi) is 6.39. The molecule has 1 amide bonds. The summed E-state index contributed by atoms with van der Waals surface area (Å²) in [5, 5.41) is 9.72. The molecule has 34 heavy (non-hydrogen) atoms. The highest BCUT2D eigenvalue weighted by Crippen LogP contribution is 2.51. The van der Waals surface area contributed by atoms with Crippen molar-refractivity contribution in [1.29, 1.82) is 0 Å². The maximum Gasteiger partial charge on any atom is 0.446 e. The minimum absolute atomic E-state index is 0.0231. The number of morpholine rings is 1. The van der Waals surface area contributed by atoms with Crippen molar-refractivity contribution in [3.8, 4) is 16.5 Å². The second kappa shape index (κ2) is 9.32. The summed E-state index contributed by atoms with van der Waals surface area (Å²) in [6.45, 7) is 0.736. The van der Waals surface area contributed by atoms with E-state index in [1.165, 1.54) is 0 Å². The van der Waals surface area contributed by atoms with E-state index in [1.54, 1.807) is 18.2 Å². The van der Waals surface area contributed by atoms with Crippen LogP contribution in [0, 0.1) is 0 Å². The van der Waals surface area contributed by atoms with Crippen LogP contribution >= 0.6 is 23.1 Å². The number of halogens is 4. The van der Waals surface area contributed by atoms with Crippen molar-refractivity contribution in [3.05, 3.63) is 24.1 Å². The van der Waals surface area contributed by atoms with Crippen LogP contribution in [-0.4, -0.2) is 60.1 Å². The zero-order chi connectivity index (χ0) is 23.9. The Labute approximate surface area is 198 Å². The van der Waals surface area contributed by atoms with E-state index in [1.807, 2.05) is 0 Å². The molecule has 0 unspecified atom stereocenters. The summed E-state index contributed by atoms with van der Waals surface area (Å²) >= 11 is 0.721. The number of carbonyl (C=O) groups excluding carboxylic acids is 1. The molecule has 0 radical (unpaired) electrons. The average molecular weight is 519 g/mol. The van der Waals surface area contributed by atoms with Gasteiger partial charge in [-0.25, -0.2) is 4.39 Å². The van der Waals surface area contributed by atoms with Crippen LogP contribution in [0.3, 0.4) is 0 Å². The predicted molar refractivity (Wildman–Crippen MR) is 116 cm³/mol. The van der Waals surface area contributed by atoms with E-state index in [2.05, 4.69) is 20.8 Å². The molecular weight excluding hydrogens is 500 g/mol. The van der Waals surface area contributed by atoms with Gasteiger partial charge in [0, 0.05) is 16.8 Å². The molecule has 14 heteroatoms. The van der Waals surface area contributed by atoms with E-state index in [0.29, 0.717) is 28.8 Å². The Bertz CT molecular complexity index is 1200. The number of nitrogens with zero attached hydrogens (tertiary/aromatic N) is 2. The molecule has 0 aliphatic carbocycles. The average Bonchev–Trinajstić information content (AvgIpc) is 3.40.